The zero-order chi connectivity index (χ0) is 22.8. The number of halogens is 1. The van der Waals surface area contributed by atoms with E-state index in [0.29, 0.717) is 16.9 Å². The molecule has 0 bridgehead atoms. The monoisotopic (exact) mass is 496 g/mol. The van der Waals surface area contributed by atoms with E-state index in [2.05, 4.69) is 36.4 Å². The topological polar surface area (TPSA) is 103 Å². The van der Waals surface area contributed by atoms with E-state index in [1.807, 2.05) is 31.2 Å². The molecular formula is C22H21BrN6O3. The number of rotatable bonds is 6. The Morgan fingerprint density at radius 3 is 2.81 bits per heavy atom. The quantitative estimate of drug-likeness (QED) is 0.404. The molecule has 9 nitrogen and oxygen atoms in total. The van der Waals surface area contributed by atoms with Crippen molar-refractivity contribution in [2.75, 3.05) is 11.9 Å². The highest BCUT2D eigenvalue weighted by atomic mass is 79.9. The van der Waals surface area contributed by atoms with Gasteiger partial charge in [0.1, 0.15) is 11.6 Å². The number of carbonyl (C=O) groups is 2. The average Bonchev–Trinajstić information content (AvgIpc) is 3.36. The first-order valence-corrected chi connectivity index (χ1v) is 10.8. The SMILES string of the molecule is CCOC(=O)c1cnn2c(-c3cccc(NC(=O)C(C)n4cc(Br)c(C)n4)c3)ccnc12. The lowest BCUT2D eigenvalue weighted by Gasteiger charge is -2.13. The number of aromatic nitrogens is 5. The fourth-order valence-corrected chi connectivity index (χ4v) is 3.53. The smallest absolute Gasteiger partial charge is 0.343 e. The molecule has 1 unspecified atom stereocenters. The van der Waals surface area contributed by atoms with E-state index in [9.17, 15) is 9.59 Å². The zero-order valence-corrected chi connectivity index (χ0v) is 19.3. The number of amides is 1. The van der Waals surface area contributed by atoms with Crippen molar-refractivity contribution in [1.29, 1.82) is 0 Å². The normalized spacial score (nSPS) is 12.0. The molecule has 4 aromatic rings. The van der Waals surface area contributed by atoms with Crippen molar-refractivity contribution in [3.05, 3.63) is 64.7 Å². The Bertz CT molecular complexity index is 1290. The third-order valence-corrected chi connectivity index (χ3v) is 5.73. The van der Waals surface area contributed by atoms with Crippen LogP contribution in [0.1, 0.15) is 35.9 Å². The van der Waals surface area contributed by atoms with E-state index in [1.54, 1.807) is 41.5 Å². The molecule has 4 rings (SSSR count). The van der Waals surface area contributed by atoms with Crippen LogP contribution in [0.25, 0.3) is 16.9 Å². The second kappa shape index (κ2) is 8.91. The Kier molecular flexibility index (Phi) is 6.04. The maximum Gasteiger partial charge on any atom is 0.343 e. The highest BCUT2D eigenvalue weighted by molar-refractivity contribution is 9.10. The number of hydrogen-bond acceptors (Lipinski definition) is 6. The number of nitrogens with one attached hydrogen (secondary N) is 1. The third-order valence-electron chi connectivity index (χ3n) is 4.96. The standard InChI is InChI=1S/C22H21BrN6O3/c1-4-32-22(31)17-11-25-29-19(8-9-24-20(17)29)15-6-5-7-16(10-15)26-21(30)14(3)28-12-18(23)13(2)27-28/h5-12,14H,4H2,1-3H3,(H,26,30). The van der Waals surface area contributed by atoms with E-state index >= 15 is 0 Å². The second-order valence-corrected chi connectivity index (χ2v) is 7.99. The van der Waals surface area contributed by atoms with E-state index in [1.165, 1.54) is 6.20 Å². The number of esters is 1. The zero-order valence-electron chi connectivity index (χ0n) is 17.7. The van der Waals surface area contributed by atoms with Gasteiger partial charge < -0.3 is 10.1 Å². The van der Waals surface area contributed by atoms with Crippen molar-refractivity contribution in [1.82, 2.24) is 24.4 Å². The molecule has 1 aromatic carbocycles. The van der Waals surface area contributed by atoms with Crippen molar-refractivity contribution in [2.45, 2.75) is 26.8 Å². The molecule has 0 saturated heterocycles. The lowest BCUT2D eigenvalue weighted by Crippen LogP contribution is -2.24. The average molecular weight is 497 g/mol. The van der Waals surface area contributed by atoms with Gasteiger partial charge in [0, 0.05) is 23.6 Å². The van der Waals surface area contributed by atoms with Crippen LogP contribution < -0.4 is 5.32 Å². The van der Waals surface area contributed by atoms with Gasteiger partial charge in [0.25, 0.3) is 0 Å². The van der Waals surface area contributed by atoms with Gasteiger partial charge in [-0.1, -0.05) is 12.1 Å². The molecule has 32 heavy (non-hydrogen) atoms. The van der Waals surface area contributed by atoms with Crippen molar-refractivity contribution in [2.24, 2.45) is 0 Å². The summed E-state index contributed by atoms with van der Waals surface area (Å²) < 4.78 is 9.13. The van der Waals surface area contributed by atoms with E-state index in [-0.39, 0.29) is 12.5 Å². The molecule has 1 atom stereocenters. The van der Waals surface area contributed by atoms with Crippen LogP contribution in [0.2, 0.25) is 0 Å². The van der Waals surface area contributed by atoms with Crippen LogP contribution in [-0.4, -0.2) is 42.9 Å². The van der Waals surface area contributed by atoms with Crippen LogP contribution >= 0.6 is 15.9 Å². The number of nitrogens with zero attached hydrogens (tertiary/aromatic N) is 5. The molecule has 0 saturated carbocycles. The summed E-state index contributed by atoms with van der Waals surface area (Å²) in [6, 6.07) is 8.69. The molecule has 1 amide bonds. The van der Waals surface area contributed by atoms with Crippen LogP contribution in [0.3, 0.4) is 0 Å². The minimum atomic E-state index is -0.491. The number of ether oxygens (including phenoxy) is 1. The van der Waals surface area contributed by atoms with Gasteiger partial charge in [-0.25, -0.2) is 14.3 Å². The highest BCUT2D eigenvalue weighted by Gasteiger charge is 2.19. The molecule has 0 aliphatic carbocycles. The molecule has 0 aliphatic rings. The summed E-state index contributed by atoms with van der Waals surface area (Å²) in [5, 5.41) is 11.6. The molecule has 0 aliphatic heterocycles. The fourth-order valence-electron chi connectivity index (χ4n) is 3.24. The van der Waals surface area contributed by atoms with Crippen LogP contribution in [0, 0.1) is 6.92 Å². The van der Waals surface area contributed by atoms with Crippen LogP contribution in [0.4, 0.5) is 5.69 Å². The number of benzene rings is 1. The van der Waals surface area contributed by atoms with E-state index in [4.69, 9.17) is 4.74 Å². The first-order chi connectivity index (χ1) is 15.4. The lowest BCUT2D eigenvalue weighted by molar-refractivity contribution is -0.119. The highest BCUT2D eigenvalue weighted by Crippen LogP contribution is 2.25. The fraction of sp³-hybridized carbons (Fsp3) is 0.227. The maximum absolute atomic E-state index is 12.8. The summed E-state index contributed by atoms with van der Waals surface area (Å²) in [7, 11) is 0. The maximum atomic E-state index is 12.8. The molecule has 0 spiro atoms. The lowest BCUT2D eigenvalue weighted by atomic mass is 10.1. The molecule has 10 heteroatoms. The largest absolute Gasteiger partial charge is 0.462 e. The van der Waals surface area contributed by atoms with Gasteiger partial charge in [0.2, 0.25) is 5.91 Å². The summed E-state index contributed by atoms with van der Waals surface area (Å²) >= 11 is 3.42. The molecular weight excluding hydrogens is 476 g/mol. The van der Waals surface area contributed by atoms with E-state index in [0.717, 1.165) is 21.4 Å². The Morgan fingerprint density at radius 1 is 1.28 bits per heavy atom. The summed E-state index contributed by atoms with van der Waals surface area (Å²) in [6.07, 6.45) is 4.84. The van der Waals surface area contributed by atoms with Crippen molar-refractivity contribution >= 4 is 39.1 Å². The first-order valence-electron chi connectivity index (χ1n) is 10.0. The van der Waals surface area contributed by atoms with Gasteiger partial charge in [0.15, 0.2) is 5.65 Å². The van der Waals surface area contributed by atoms with Crippen molar-refractivity contribution in [3.8, 4) is 11.3 Å². The third kappa shape index (κ3) is 4.13. The van der Waals surface area contributed by atoms with Gasteiger partial charge in [0.05, 0.1) is 28.7 Å². The predicted molar refractivity (Wildman–Crippen MR) is 122 cm³/mol. The van der Waals surface area contributed by atoms with Crippen molar-refractivity contribution < 1.29 is 14.3 Å². The minimum Gasteiger partial charge on any atom is -0.462 e. The van der Waals surface area contributed by atoms with Gasteiger partial charge in [-0.15, -0.1) is 0 Å². The van der Waals surface area contributed by atoms with E-state index < -0.39 is 12.0 Å². The summed E-state index contributed by atoms with van der Waals surface area (Å²) in [5.74, 6) is -0.664. The summed E-state index contributed by atoms with van der Waals surface area (Å²) in [6.45, 7) is 5.67. The van der Waals surface area contributed by atoms with Crippen LogP contribution in [-0.2, 0) is 9.53 Å². The summed E-state index contributed by atoms with van der Waals surface area (Å²) in [4.78, 5) is 29.2. The molecule has 3 aromatic heterocycles. The molecule has 0 radical (unpaired) electrons. The van der Waals surface area contributed by atoms with Gasteiger partial charge >= 0.3 is 5.97 Å². The predicted octanol–water partition coefficient (Wildman–Crippen LogP) is 4.04. The minimum absolute atomic E-state index is 0.194. The Labute approximate surface area is 192 Å². The first kappa shape index (κ1) is 21.7. The molecule has 164 valence electrons. The van der Waals surface area contributed by atoms with Crippen LogP contribution in [0.5, 0.6) is 0 Å². The van der Waals surface area contributed by atoms with Crippen LogP contribution in [0.15, 0.2) is 53.4 Å². The van der Waals surface area contributed by atoms with Gasteiger partial charge in [-0.2, -0.15) is 10.2 Å². The molecule has 3 heterocycles. The van der Waals surface area contributed by atoms with Gasteiger partial charge in [-0.3, -0.25) is 9.48 Å². The number of carbonyl (C=O) groups excluding carboxylic acids is 2. The Morgan fingerprint density at radius 2 is 2.09 bits per heavy atom. The number of fused-ring (bicyclic) bond motifs is 1. The Balaban J connectivity index is 1.61. The van der Waals surface area contributed by atoms with Gasteiger partial charge in [-0.05, 0) is 54.9 Å². The van der Waals surface area contributed by atoms with Crippen molar-refractivity contribution in [3.63, 3.8) is 0 Å². The number of anilines is 1. The second-order valence-electron chi connectivity index (χ2n) is 7.13. The molecule has 0 fully saturated rings. The summed E-state index contributed by atoms with van der Waals surface area (Å²) in [5.41, 5.74) is 3.68. The number of aryl methyl sites for hydroxylation is 1. The Hall–Kier alpha value is -3.53. The molecule has 1 N–H and O–H groups in total. The number of hydrogen-bond donors (Lipinski definition) is 1.